The fourth-order valence-corrected chi connectivity index (χ4v) is 5.25. The minimum atomic E-state index is -0.312. The van der Waals surface area contributed by atoms with Crippen LogP contribution in [0.2, 0.25) is 0 Å². The highest BCUT2D eigenvalue weighted by molar-refractivity contribution is 5.87. The molecule has 2 fully saturated rings. The van der Waals surface area contributed by atoms with Gasteiger partial charge in [0.15, 0.2) is 5.65 Å². The van der Waals surface area contributed by atoms with Crippen molar-refractivity contribution in [1.82, 2.24) is 29.3 Å². The molecule has 3 aromatic rings. The number of carbonyl (C=O) groups is 1. The van der Waals surface area contributed by atoms with Crippen LogP contribution < -0.4 is 11.0 Å². The molecule has 2 aliphatic rings. The van der Waals surface area contributed by atoms with Crippen molar-refractivity contribution in [3.63, 3.8) is 0 Å². The molecular formula is C29H37N7O2. The summed E-state index contributed by atoms with van der Waals surface area (Å²) in [6.45, 7) is 11.1. The summed E-state index contributed by atoms with van der Waals surface area (Å²) in [5.74, 6) is 1.28. The van der Waals surface area contributed by atoms with Gasteiger partial charge in [-0.15, -0.1) is 0 Å². The van der Waals surface area contributed by atoms with E-state index in [-0.39, 0.29) is 23.7 Å². The molecule has 9 heteroatoms. The van der Waals surface area contributed by atoms with Crippen LogP contribution >= 0.6 is 0 Å². The molecule has 3 heterocycles. The van der Waals surface area contributed by atoms with E-state index in [1.54, 1.807) is 10.8 Å². The highest BCUT2D eigenvalue weighted by atomic mass is 16.2. The fraction of sp³-hybridized carbons (Fsp3) is 0.483. The van der Waals surface area contributed by atoms with Crippen molar-refractivity contribution in [3.05, 3.63) is 70.9 Å². The normalized spacial score (nSPS) is 17.5. The third-order valence-electron chi connectivity index (χ3n) is 7.90. The SMILES string of the molecule is C=CC(=O)N1CC(N(C)C(CC2CC2)c2ccc([C@H](C)Nc3ncc4cnc(=O)n(C(C)C)c4n3)cc2)C1. The zero-order valence-electron chi connectivity index (χ0n) is 22.7. The van der Waals surface area contributed by atoms with Gasteiger partial charge in [-0.2, -0.15) is 4.98 Å². The lowest BCUT2D eigenvalue weighted by Gasteiger charge is -2.46. The molecule has 1 N–H and O–H groups in total. The van der Waals surface area contributed by atoms with Crippen LogP contribution in [0.4, 0.5) is 5.95 Å². The Hall–Kier alpha value is -3.59. The summed E-state index contributed by atoms with van der Waals surface area (Å²) in [5, 5.41) is 4.12. The van der Waals surface area contributed by atoms with Crippen LogP contribution in [0.15, 0.2) is 54.1 Å². The molecule has 9 nitrogen and oxygen atoms in total. The molecule has 5 rings (SSSR count). The van der Waals surface area contributed by atoms with Crippen LogP contribution in [0.25, 0.3) is 11.0 Å². The summed E-state index contributed by atoms with van der Waals surface area (Å²) in [4.78, 5) is 41.6. The summed E-state index contributed by atoms with van der Waals surface area (Å²) in [7, 11) is 2.19. The van der Waals surface area contributed by atoms with Crippen molar-refractivity contribution < 1.29 is 4.79 Å². The highest BCUT2D eigenvalue weighted by Crippen LogP contribution is 2.41. The van der Waals surface area contributed by atoms with Gasteiger partial charge in [-0.25, -0.2) is 14.8 Å². The summed E-state index contributed by atoms with van der Waals surface area (Å²) < 4.78 is 1.59. The molecule has 1 saturated carbocycles. The number of anilines is 1. The minimum absolute atomic E-state index is 0.0128. The van der Waals surface area contributed by atoms with Crippen molar-refractivity contribution in [3.8, 4) is 0 Å². The second-order valence-corrected chi connectivity index (χ2v) is 11.0. The molecule has 1 amide bonds. The van der Waals surface area contributed by atoms with Crippen molar-refractivity contribution in [1.29, 1.82) is 0 Å². The lowest BCUT2D eigenvalue weighted by atomic mass is 9.94. The zero-order chi connectivity index (χ0) is 27.0. The number of hydrogen-bond donors (Lipinski definition) is 1. The van der Waals surface area contributed by atoms with Crippen molar-refractivity contribution >= 4 is 22.9 Å². The third-order valence-corrected chi connectivity index (χ3v) is 7.90. The number of hydrogen-bond acceptors (Lipinski definition) is 7. The van der Waals surface area contributed by atoms with E-state index in [0.717, 1.165) is 36.4 Å². The van der Waals surface area contributed by atoms with E-state index in [1.165, 1.54) is 30.7 Å². The number of nitrogens with one attached hydrogen (secondary N) is 1. The van der Waals surface area contributed by atoms with Crippen LogP contribution in [0.5, 0.6) is 0 Å². The smallest absolute Gasteiger partial charge is 0.348 e. The number of benzene rings is 1. The molecule has 200 valence electrons. The lowest BCUT2D eigenvalue weighted by Crippen LogP contribution is -2.60. The molecule has 1 aromatic carbocycles. The van der Waals surface area contributed by atoms with Gasteiger partial charge in [-0.05, 0) is 57.4 Å². The molecule has 1 aliphatic carbocycles. The average Bonchev–Trinajstić information content (AvgIpc) is 3.70. The second-order valence-electron chi connectivity index (χ2n) is 11.0. The van der Waals surface area contributed by atoms with Crippen molar-refractivity contribution in [2.45, 2.75) is 64.2 Å². The van der Waals surface area contributed by atoms with E-state index in [2.05, 4.69) is 70.0 Å². The number of rotatable bonds is 10. The molecule has 1 saturated heterocycles. The zero-order valence-corrected chi connectivity index (χ0v) is 22.7. The van der Waals surface area contributed by atoms with Gasteiger partial charge < -0.3 is 10.2 Å². The predicted octanol–water partition coefficient (Wildman–Crippen LogP) is 4.11. The van der Waals surface area contributed by atoms with Gasteiger partial charge in [0.25, 0.3) is 0 Å². The molecule has 2 aromatic heterocycles. The van der Waals surface area contributed by atoms with Gasteiger partial charge in [-0.3, -0.25) is 14.3 Å². The van der Waals surface area contributed by atoms with Gasteiger partial charge in [0.05, 0.1) is 11.4 Å². The maximum atomic E-state index is 12.3. The van der Waals surface area contributed by atoms with E-state index in [9.17, 15) is 9.59 Å². The number of likely N-dealkylation sites (tertiary alicyclic amines) is 1. The second kappa shape index (κ2) is 10.6. The maximum absolute atomic E-state index is 12.3. The highest BCUT2D eigenvalue weighted by Gasteiger charge is 2.37. The van der Waals surface area contributed by atoms with E-state index < -0.39 is 0 Å². The topological polar surface area (TPSA) is 96.3 Å². The summed E-state index contributed by atoms with van der Waals surface area (Å²) >= 11 is 0. The predicted molar refractivity (Wildman–Crippen MR) is 149 cm³/mol. The fourth-order valence-electron chi connectivity index (χ4n) is 5.25. The maximum Gasteiger partial charge on any atom is 0.349 e. The monoisotopic (exact) mass is 515 g/mol. The van der Waals surface area contributed by atoms with Crippen LogP contribution in [0, 0.1) is 5.92 Å². The van der Waals surface area contributed by atoms with E-state index in [1.807, 2.05) is 18.7 Å². The summed E-state index contributed by atoms with van der Waals surface area (Å²) in [5.41, 5.74) is 2.70. The van der Waals surface area contributed by atoms with E-state index in [0.29, 0.717) is 23.7 Å². The van der Waals surface area contributed by atoms with Crippen molar-refractivity contribution in [2.24, 2.45) is 5.92 Å². The van der Waals surface area contributed by atoms with Crippen LogP contribution in [-0.2, 0) is 4.79 Å². The average molecular weight is 516 g/mol. The molecule has 2 atom stereocenters. The Morgan fingerprint density at radius 2 is 1.79 bits per heavy atom. The Morgan fingerprint density at radius 3 is 2.42 bits per heavy atom. The molecule has 1 unspecified atom stereocenters. The van der Waals surface area contributed by atoms with Gasteiger partial charge in [0.1, 0.15) is 0 Å². The standard InChI is InChI=1S/C29H37N7O2/c1-6-26(37)35-16-24(17-35)34(5)25(13-20-7-8-20)22-11-9-21(10-12-22)19(4)32-28-30-14-23-15-31-29(38)36(18(2)3)27(23)33-28/h6,9-12,14-15,18-20,24-25H,1,7-8,13,16-17H2,2-5H3,(H,30,32,33)/t19-,25?/m0/s1. The van der Waals surface area contributed by atoms with Crippen LogP contribution in [-0.4, -0.2) is 61.4 Å². The van der Waals surface area contributed by atoms with Gasteiger partial charge in [0, 0.05) is 43.6 Å². The number of likely N-dealkylation sites (N-methyl/N-ethyl adjacent to an activating group) is 1. The van der Waals surface area contributed by atoms with E-state index in [4.69, 9.17) is 0 Å². The van der Waals surface area contributed by atoms with E-state index >= 15 is 0 Å². The van der Waals surface area contributed by atoms with Crippen LogP contribution in [0.3, 0.4) is 0 Å². The van der Waals surface area contributed by atoms with Crippen LogP contribution in [0.1, 0.15) is 69.3 Å². The number of nitrogens with zero attached hydrogens (tertiary/aromatic N) is 6. The largest absolute Gasteiger partial charge is 0.349 e. The minimum Gasteiger partial charge on any atom is -0.348 e. The first-order valence-corrected chi connectivity index (χ1v) is 13.5. The quantitative estimate of drug-likeness (QED) is 0.406. The summed E-state index contributed by atoms with van der Waals surface area (Å²) in [6, 6.07) is 9.42. The molecule has 38 heavy (non-hydrogen) atoms. The number of amides is 1. The molecular weight excluding hydrogens is 478 g/mol. The molecule has 0 radical (unpaired) electrons. The Morgan fingerprint density at radius 1 is 1.13 bits per heavy atom. The Labute approximate surface area is 223 Å². The van der Waals surface area contributed by atoms with Gasteiger partial charge in [-0.1, -0.05) is 43.7 Å². The van der Waals surface area contributed by atoms with Gasteiger partial charge >= 0.3 is 5.69 Å². The first-order valence-electron chi connectivity index (χ1n) is 13.5. The summed E-state index contributed by atoms with van der Waals surface area (Å²) in [6.07, 6.45) is 8.38. The Balaban J connectivity index is 1.30. The number of carbonyl (C=O) groups excluding carboxylic acids is 1. The molecule has 0 bridgehead atoms. The Bertz CT molecular complexity index is 1370. The third kappa shape index (κ3) is 5.34. The Kier molecular flexibility index (Phi) is 7.29. The van der Waals surface area contributed by atoms with Crippen molar-refractivity contribution in [2.75, 3.05) is 25.5 Å². The molecule has 0 spiro atoms. The van der Waals surface area contributed by atoms with Gasteiger partial charge in [0.2, 0.25) is 11.9 Å². The first-order chi connectivity index (χ1) is 18.2. The number of aromatic nitrogens is 4. The number of fused-ring (bicyclic) bond motifs is 1. The first kappa shape index (κ1) is 26.0. The molecule has 1 aliphatic heterocycles. The lowest BCUT2D eigenvalue weighted by molar-refractivity contribution is -0.133.